The van der Waals surface area contributed by atoms with Gasteiger partial charge in [0.15, 0.2) is 5.78 Å². The van der Waals surface area contributed by atoms with E-state index < -0.39 is 0 Å². The molecule has 0 heterocycles. The largest absolute Gasteiger partial charge is 0.323 e. The quantitative estimate of drug-likeness (QED) is 0.655. The molecule has 0 aliphatic rings. The predicted octanol–water partition coefficient (Wildman–Crippen LogP) is 4.26. The number of Topliss-reactive ketones (excluding diaryl/α,β-unsaturated/α-hetero) is 1. The highest BCUT2D eigenvalue weighted by atomic mass is 32.2. The van der Waals surface area contributed by atoms with Crippen LogP contribution in [0.3, 0.4) is 0 Å². The summed E-state index contributed by atoms with van der Waals surface area (Å²) in [5.41, 5.74) is 1.91. The van der Waals surface area contributed by atoms with Gasteiger partial charge in [-0.15, -0.1) is 11.8 Å². The van der Waals surface area contributed by atoms with Crippen molar-refractivity contribution in [2.45, 2.75) is 11.8 Å². The number of benzene rings is 2. The number of hydrogen-bond acceptors (Lipinski definition) is 3. The van der Waals surface area contributed by atoms with Gasteiger partial charge >= 0.3 is 6.03 Å². The third-order valence-corrected chi connectivity index (χ3v) is 3.68. The summed E-state index contributed by atoms with van der Waals surface area (Å²) in [6.45, 7) is 1.49. The molecule has 0 spiro atoms. The first-order valence-electron chi connectivity index (χ1n) is 6.42. The van der Waals surface area contributed by atoms with E-state index in [2.05, 4.69) is 10.6 Å². The van der Waals surface area contributed by atoms with Crippen LogP contribution in [0.25, 0.3) is 0 Å². The Morgan fingerprint density at radius 2 is 1.76 bits per heavy atom. The molecule has 0 aliphatic carbocycles. The highest BCUT2D eigenvalue weighted by Gasteiger charge is 2.07. The lowest BCUT2D eigenvalue weighted by atomic mass is 10.1. The van der Waals surface area contributed by atoms with Crippen molar-refractivity contribution < 1.29 is 9.59 Å². The lowest BCUT2D eigenvalue weighted by Gasteiger charge is -2.11. The molecule has 2 amide bonds. The normalized spacial score (nSPS) is 10.0. The van der Waals surface area contributed by atoms with Crippen molar-refractivity contribution in [1.29, 1.82) is 0 Å². The van der Waals surface area contributed by atoms with E-state index in [1.165, 1.54) is 6.92 Å². The second-order valence-electron chi connectivity index (χ2n) is 4.42. The second-order valence-corrected chi connectivity index (χ2v) is 5.26. The van der Waals surface area contributed by atoms with Gasteiger partial charge in [-0.25, -0.2) is 4.79 Å². The smallest absolute Gasteiger partial charge is 0.308 e. The van der Waals surface area contributed by atoms with E-state index >= 15 is 0 Å². The molecule has 0 fully saturated rings. The lowest BCUT2D eigenvalue weighted by molar-refractivity contribution is 0.101. The van der Waals surface area contributed by atoms with Gasteiger partial charge in [-0.05, 0) is 37.4 Å². The van der Waals surface area contributed by atoms with Gasteiger partial charge in [-0.2, -0.15) is 0 Å². The molecule has 0 aromatic heterocycles. The highest BCUT2D eigenvalue weighted by Crippen LogP contribution is 2.24. The van der Waals surface area contributed by atoms with Crippen LogP contribution in [0, 0.1) is 0 Å². The average Bonchev–Trinajstić information content (AvgIpc) is 2.48. The first kappa shape index (κ1) is 15.1. The SMILES string of the molecule is CSc1ccccc1NC(=O)Nc1cccc(C(C)=O)c1. The number of ketones is 1. The van der Waals surface area contributed by atoms with Crippen LogP contribution in [-0.2, 0) is 0 Å². The van der Waals surface area contributed by atoms with Crippen molar-refractivity contribution in [3.05, 3.63) is 54.1 Å². The number of carbonyl (C=O) groups excluding carboxylic acids is 2. The van der Waals surface area contributed by atoms with Crippen molar-refractivity contribution >= 4 is 35.0 Å². The summed E-state index contributed by atoms with van der Waals surface area (Å²) in [6.07, 6.45) is 1.95. The van der Waals surface area contributed by atoms with Crippen molar-refractivity contribution in [1.82, 2.24) is 0 Å². The fourth-order valence-corrected chi connectivity index (χ4v) is 2.40. The van der Waals surface area contributed by atoms with E-state index in [1.807, 2.05) is 30.5 Å². The summed E-state index contributed by atoms with van der Waals surface area (Å²) in [6, 6.07) is 14.1. The molecule has 0 aliphatic heterocycles. The molecule has 0 unspecified atom stereocenters. The van der Waals surface area contributed by atoms with Crippen LogP contribution in [0.1, 0.15) is 17.3 Å². The van der Waals surface area contributed by atoms with Crippen LogP contribution >= 0.6 is 11.8 Å². The summed E-state index contributed by atoms with van der Waals surface area (Å²) in [5.74, 6) is -0.0354. The number of amides is 2. The standard InChI is InChI=1S/C16H16N2O2S/c1-11(19)12-6-5-7-13(10-12)17-16(20)18-14-8-3-4-9-15(14)21-2/h3-10H,1-2H3,(H2,17,18,20). The Labute approximate surface area is 127 Å². The molecule has 0 saturated carbocycles. The molecule has 5 heteroatoms. The molecule has 2 aromatic rings. The van der Waals surface area contributed by atoms with Crippen molar-refractivity contribution in [3.8, 4) is 0 Å². The molecular formula is C16H16N2O2S. The number of urea groups is 1. The Morgan fingerprint density at radius 1 is 1.00 bits per heavy atom. The number of nitrogens with one attached hydrogen (secondary N) is 2. The lowest BCUT2D eigenvalue weighted by Crippen LogP contribution is -2.19. The summed E-state index contributed by atoms with van der Waals surface area (Å²) >= 11 is 1.56. The molecule has 0 radical (unpaired) electrons. The molecule has 108 valence electrons. The molecule has 0 bridgehead atoms. The Hall–Kier alpha value is -2.27. The molecule has 0 atom stereocenters. The molecule has 4 nitrogen and oxygen atoms in total. The molecule has 2 aromatic carbocycles. The number of para-hydroxylation sites is 1. The summed E-state index contributed by atoms with van der Waals surface area (Å²) in [4.78, 5) is 24.3. The minimum atomic E-state index is -0.336. The average molecular weight is 300 g/mol. The van der Waals surface area contributed by atoms with E-state index in [4.69, 9.17) is 0 Å². The zero-order valence-electron chi connectivity index (χ0n) is 11.8. The number of hydrogen-bond donors (Lipinski definition) is 2. The maximum atomic E-state index is 12.0. The molecule has 21 heavy (non-hydrogen) atoms. The Kier molecular flexibility index (Phi) is 5.00. The van der Waals surface area contributed by atoms with Crippen LogP contribution in [0.5, 0.6) is 0 Å². The van der Waals surface area contributed by atoms with Crippen LogP contribution in [0.2, 0.25) is 0 Å². The number of thioether (sulfide) groups is 1. The van der Waals surface area contributed by atoms with Crippen LogP contribution < -0.4 is 10.6 Å². The number of anilines is 2. The van der Waals surface area contributed by atoms with E-state index in [9.17, 15) is 9.59 Å². The van der Waals surface area contributed by atoms with Gasteiger partial charge in [0.1, 0.15) is 0 Å². The number of rotatable bonds is 4. The van der Waals surface area contributed by atoms with E-state index in [-0.39, 0.29) is 11.8 Å². The molecule has 0 saturated heterocycles. The predicted molar refractivity (Wildman–Crippen MR) is 87.3 cm³/mol. The first-order chi connectivity index (χ1) is 10.1. The zero-order chi connectivity index (χ0) is 15.2. The van der Waals surface area contributed by atoms with Gasteiger partial charge in [0.2, 0.25) is 0 Å². The van der Waals surface area contributed by atoms with E-state index in [0.29, 0.717) is 11.3 Å². The maximum absolute atomic E-state index is 12.0. The van der Waals surface area contributed by atoms with Gasteiger partial charge < -0.3 is 10.6 Å². The zero-order valence-corrected chi connectivity index (χ0v) is 12.7. The second kappa shape index (κ2) is 6.95. The molecule has 2 N–H and O–H groups in total. The fourth-order valence-electron chi connectivity index (χ4n) is 1.85. The summed E-state index contributed by atoms with van der Waals surface area (Å²) < 4.78 is 0. The van der Waals surface area contributed by atoms with Crippen molar-refractivity contribution in [2.24, 2.45) is 0 Å². The van der Waals surface area contributed by atoms with Crippen LogP contribution in [0.15, 0.2) is 53.4 Å². The Morgan fingerprint density at radius 3 is 2.48 bits per heavy atom. The van der Waals surface area contributed by atoms with Gasteiger partial charge in [0, 0.05) is 16.1 Å². The molecule has 2 rings (SSSR count). The highest BCUT2D eigenvalue weighted by molar-refractivity contribution is 7.98. The van der Waals surface area contributed by atoms with Gasteiger partial charge in [0.25, 0.3) is 0 Å². The number of carbonyl (C=O) groups is 2. The van der Waals surface area contributed by atoms with Crippen molar-refractivity contribution in [2.75, 3.05) is 16.9 Å². The third kappa shape index (κ3) is 4.10. The summed E-state index contributed by atoms with van der Waals surface area (Å²) in [7, 11) is 0. The Bertz CT molecular complexity index is 671. The van der Waals surface area contributed by atoms with Gasteiger partial charge in [-0.1, -0.05) is 24.3 Å². The van der Waals surface area contributed by atoms with Gasteiger partial charge in [0.05, 0.1) is 5.69 Å². The molecular weight excluding hydrogens is 284 g/mol. The van der Waals surface area contributed by atoms with E-state index in [0.717, 1.165) is 10.6 Å². The minimum Gasteiger partial charge on any atom is -0.308 e. The fraction of sp³-hybridized carbons (Fsp3) is 0.125. The topological polar surface area (TPSA) is 58.2 Å². The van der Waals surface area contributed by atoms with Crippen LogP contribution in [0.4, 0.5) is 16.2 Å². The van der Waals surface area contributed by atoms with E-state index in [1.54, 1.807) is 36.0 Å². The third-order valence-electron chi connectivity index (χ3n) is 2.88. The van der Waals surface area contributed by atoms with Gasteiger partial charge in [-0.3, -0.25) is 4.79 Å². The van der Waals surface area contributed by atoms with Crippen LogP contribution in [-0.4, -0.2) is 18.1 Å². The minimum absolute atomic E-state index is 0.0354. The first-order valence-corrected chi connectivity index (χ1v) is 7.64. The Balaban J connectivity index is 2.08. The maximum Gasteiger partial charge on any atom is 0.323 e. The monoisotopic (exact) mass is 300 g/mol. The van der Waals surface area contributed by atoms with Crippen molar-refractivity contribution in [3.63, 3.8) is 0 Å². The summed E-state index contributed by atoms with van der Waals surface area (Å²) in [5, 5.41) is 5.53.